The molecule has 0 heterocycles. The van der Waals surface area contributed by atoms with Gasteiger partial charge in [-0.3, -0.25) is 4.79 Å². The fourth-order valence-electron chi connectivity index (χ4n) is 3.04. The van der Waals surface area contributed by atoms with Gasteiger partial charge in [0.2, 0.25) is 0 Å². The summed E-state index contributed by atoms with van der Waals surface area (Å²) in [6.07, 6.45) is 2.97. The largest absolute Gasteiger partial charge is 0.494 e. The summed E-state index contributed by atoms with van der Waals surface area (Å²) in [5.74, 6) is 0.340. The monoisotopic (exact) mass is 484 g/mol. The number of carbonyl (C=O) groups excluding carboxylic acids is 1. The smallest absolute Gasteiger partial charge is 0.285 e. The van der Waals surface area contributed by atoms with Crippen LogP contribution in [0.4, 0.5) is 0 Å². The third kappa shape index (κ3) is 6.91. The van der Waals surface area contributed by atoms with E-state index >= 15 is 0 Å². The van der Waals surface area contributed by atoms with E-state index in [9.17, 15) is 13.2 Å². The van der Waals surface area contributed by atoms with Gasteiger partial charge in [-0.05, 0) is 60.9 Å². The van der Waals surface area contributed by atoms with Crippen molar-refractivity contribution in [3.63, 3.8) is 0 Å². The molecule has 0 saturated carbocycles. The minimum absolute atomic E-state index is 0.00158. The number of benzene rings is 3. The van der Waals surface area contributed by atoms with Crippen LogP contribution in [0, 0.1) is 0 Å². The molecule has 0 spiro atoms. The number of aryl methyl sites for hydroxylation is 1. The molecule has 3 aromatic carbocycles. The first-order chi connectivity index (χ1) is 15.8. The molecule has 0 fully saturated rings. The summed E-state index contributed by atoms with van der Waals surface area (Å²) in [7, 11) is -0.740. The Morgan fingerprint density at radius 1 is 1.00 bits per heavy atom. The van der Waals surface area contributed by atoms with Gasteiger partial charge in [-0.15, -0.1) is 4.40 Å². The second-order valence-corrected chi connectivity index (χ2v) is 9.60. The van der Waals surface area contributed by atoms with Gasteiger partial charge in [-0.1, -0.05) is 41.9 Å². The molecule has 0 N–H and O–H groups in total. The Morgan fingerprint density at radius 3 is 2.33 bits per heavy atom. The topological polar surface area (TPSA) is 76.0 Å². The number of carbonyl (C=O) groups is 1. The fourth-order valence-corrected chi connectivity index (χ4v) is 4.46. The average Bonchev–Trinajstić information content (AvgIpc) is 2.81. The molecule has 8 heteroatoms. The van der Waals surface area contributed by atoms with E-state index in [2.05, 4.69) is 16.5 Å². The minimum atomic E-state index is -4.04. The van der Waals surface area contributed by atoms with Crippen molar-refractivity contribution in [2.75, 3.05) is 20.7 Å². The highest BCUT2D eigenvalue weighted by Crippen LogP contribution is 2.26. The zero-order valence-corrected chi connectivity index (χ0v) is 20.0. The van der Waals surface area contributed by atoms with E-state index < -0.39 is 10.0 Å². The number of hydrogen-bond acceptors (Lipinski definition) is 4. The maximum Gasteiger partial charge on any atom is 0.285 e. The molecular weight excluding hydrogens is 460 g/mol. The first-order valence-corrected chi connectivity index (χ1v) is 12.2. The molecule has 0 radical (unpaired) electrons. The molecule has 0 aliphatic carbocycles. The molecule has 0 amide bonds. The molecule has 0 bridgehead atoms. The fraction of sp³-hybridized carbons (Fsp3) is 0.200. The van der Waals surface area contributed by atoms with Crippen LogP contribution in [0.1, 0.15) is 27.9 Å². The minimum Gasteiger partial charge on any atom is -0.494 e. The van der Waals surface area contributed by atoms with Crippen molar-refractivity contribution >= 4 is 33.7 Å². The van der Waals surface area contributed by atoms with Gasteiger partial charge in [0.15, 0.2) is 5.78 Å². The standard InChI is InChI=1S/C25H25ClN2O4S/c1-28(2)18-27-33(30,31)24-17-21(12-15-23(24)26)25(29)20-10-13-22(14-11-20)32-16-6-9-19-7-4-3-5-8-19/h3-5,7-8,10-15,17-18H,6,9,16H2,1-2H3/b27-18+. The molecule has 0 aromatic heterocycles. The highest BCUT2D eigenvalue weighted by atomic mass is 35.5. The van der Waals surface area contributed by atoms with Crippen LogP contribution < -0.4 is 4.74 Å². The molecule has 3 aromatic rings. The highest BCUT2D eigenvalue weighted by Gasteiger charge is 2.20. The molecule has 172 valence electrons. The lowest BCUT2D eigenvalue weighted by atomic mass is 10.0. The van der Waals surface area contributed by atoms with Crippen molar-refractivity contribution in [2.45, 2.75) is 17.7 Å². The van der Waals surface area contributed by atoms with Crippen LogP contribution in [0.2, 0.25) is 5.02 Å². The zero-order valence-electron chi connectivity index (χ0n) is 18.4. The van der Waals surface area contributed by atoms with E-state index in [4.69, 9.17) is 16.3 Å². The van der Waals surface area contributed by atoms with Crippen LogP contribution in [0.25, 0.3) is 0 Å². The van der Waals surface area contributed by atoms with Gasteiger partial charge in [0.05, 0.1) is 11.6 Å². The van der Waals surface area contributed by atoms with Gasteiger partial charge in [0.1, 0.15) is 17.0 Å². The Labute approximate surface area is 199 Å². The summed E-state index contributed by atoms with van der Waals surface area (Å²) >= 11 is 6.07. The van der Waals surface area contributed by atoms with E-state index in [0.29, 0.717) is 17.9 Å². The zero-order chi connectivity index (χ0) is 23.8. The molecule has 0 unspecified atom stereocenters. The first kappa shape index (κ1) is 24.5. The van der Waals surface area contributed by atoms with E-state index in [0.717, 1.165) is 12.8 Å². The maximum absolute atomic E-state index is 12.9. The Balaban J connectivity index is 1.66. The number of nitrogens with zero attached hydrogens (tertiary/aromatic N) is 2. The molecule has 33 heavy (non-hydrogen) atoms. The van der Waals surface area contributed by atoms with Crippen molar-refractivity contribution < 1.29 is 17.9 Å². The van der Waals surface area contributed by atoms with E-state index in [1.54, 1.807) is 38.4 Å². The Morgan fingerprint density at radius 2 is 1.67 bits per heavy atom. The highest BCUT2D eigenvalue weighted by molar-refractivity contribution is 7.90. The lowest BCUT2D eigenvalue weighted by Crippen LogP contribution is -2.11. The number of hydrogen-bond donors (Lipinski definition) is 0. The Hall–Kier alpha value is -3.16. The summed E-state index contributed by atoms with van der Waals surface area (Å²) in [4.78, 5) is 14.2. The number of ether oxygens (including phenoxy) is 1. The van der Waals surface area contributed by atoms with Crippen LogP contribution in [0.15, 0.2) is 82.1 Å². The third-order valence-corrected chi connectivity index (χ3v) is 6.43. The first-order valence-electron chi connectivity index (χ1n) is 10.3. The van der Waals surface area contributed by atoms with Gasteiger partial charge in [0.25, 0.3) is 10.0 Å². The van der Waals surface area contributed by atoms with Crippen LogP contribution in [-0.4, -0.2) is 46.1 Å². The van der Waals surface area contributed by atoms with Crippen LogP contribution >= 0.6 is 11.6 Å². The number of ketones is 1. The quantitative estimate of drug-likeness (QED) is 0.178. The number of rotatable bonds is 10. The predicted octanol–water partition coefficient (Wildman–Crippen LogP) is 4.86. The predicted molar refractivity (Wildman–Crippen MR) is 131 cm³/mol. The van der Waals surface area contributed by atoms with E-state index in [1.807, 2.05) is 18.2 Å². The summed E-state index contributed by atoms with van der Waals surface area (Å²) in [5.41, 5.74) is 1.88. The van der Waals surface area contributed by atoms with E-state index in [1.165, 1.54) is 35.0 Å². The molecule has 0 saturated heterocycles. The normalized spacial score (nSPS) is 11.5. The van der Waals surface area contributed by atoms with Gasteiger partial charge in [0, 0.05) is 25.2 Å². The summed E-state index contributed by atoms with van der Waals surface area (Å²) in [6.45, 7) is 0.564. The van der Waals surface area contributed by atoms with Gasteiger partial charge in [-0.2, -0.15) is 8.42 Å². The van der Waals surface area contributed by atoms with Crippen LogP contribution in [-0.2, 0) is 16.4 Å². The molecule has 0 aliphatic heterocycles. The molecule has 6 nitrogen and oxygen atoms in total. The molecule has 0 atom stereocenters. The van der Waals surface area contributed by atoms with Gasteiger partial charge < -0.3 is 9.64 Å². The number of sulfonamides is 1. The lowest BCUT2D eigenvalue weighted by Gasteiger charge is -2.09. The van der Waals surface area contributed by atoms with Crippen LogP contribution in [0.5, 0.6) is 5.75 Å². The Kier molecular flexibility index (Phi) is 8.25. The van der Waals surface area contributed by atoms with Crippen molar-refractivity contribution in [1.82, 2.24) is 4.90 Å². The van der Waals surface area contributed by atoms with Crippen molar-refractivity contribution in [3.8, 4) is 5.75 Å². The number of halogens is 1. The van der Waals surface area contributed by atoms with E-state index in [-0.39, 0.29) is 21.3 Å². The molecule has 0 aliphatic rings. The second kappa shape index (κ2) is 11.1. The maximum atomic E-state index is 12.9. The van der Waals surface area contributed by atoms with Crippen molar-refractivity contribution in [1.29, 1.82) is 0 Å². The lowest BCUT2D eigenvalue weighted by molar-refractivity contribution is 0.103. The summed E-state index contributed by atoms with van der Waals surface area (Å²) in [5, 5.41) is 0.00158. The van der Waals surface area contributed by atoms with Gasteiger partial charge in [-0.25, -0.2) is 0 Å². The SMILES string of the molecule is CN(C)/C=N/S(=O)(=O)c1cc(C(=O)c2ccc(OCCCc3ccccc3)cc2)ccc1Cl. The van der Waals surface area contributed by atoms with Crippen molar-refractivity contribution in [3.05, 3.63) is 94.5 Å². The van der Waals surface area contributed by atoms with Crippen molar-refractivity contribution in [2.24, 2.45) is 4.40 Å². The Bertz CT molecular complexity index is 1230. The molecular formula is C25H25ClN2O4S. The summed E-state index contributed by atoms with van der Waals surface area (Å²) in [6, 6.07) is 21.1. The third-order valence-electron chi connectivity index (χ3n) is 4.73. The van der Waals surface area contributed by atoms with Crippen LogP contribution in [0.3, 0.4) is 0 Å². The van der Waals surface area contributed by atoms with Gasteiger partial charge >= 0.3 is 0 Å². The average molecular weight is 485 g/mol. The summed E-state index contributed by atoms with van der Waals surface area (Å²) < 4.78 is 34.3. The molecule has 3 rings (SSSR count). The second-order valence-electron chi connectivity index (χ2n) is 7.60.